The van der Waals surface area contributed by atoms with Crippen LogP contribution in [-0.2, 0) is 21.7 Å². The molecule has 1 amide bonds. The molecule has 0 bridgehead atoms. The first kappa shape index (κ1) is 13.6. The van der Waals surface area contributed by atoms with Gasteiger partial charge in [0.25, 0.3) is 0 Å². The molecular weight excluding hydrogens is 271 g/mol. The van der Waals surface area contributed by atoms with E-state index in [0.717, 1.165) is 11.1 Å². The van der Waals surface area contributed by atoms with Gasteiger partial charge in [-0.1, -0.05) is 30.3 Å². The highest BCUT2D eigenvalue weighted by molar-refractivity contribution is 5.90. The van der Waals surface area contributed by atoms with Crippen LogP contribution in [0.3, 0.4) is 0 Å². The van der Waals surface area contributed by atoms with Gasteiger partial charge in [-0.05, 0) is 29.3 Å². The predicted molar refractivity (Wildman–Crippen MR) is 77.0 cm³/mol. The minimum Gasteiger partial charge on any atom is -0.373 e. The minimum atomic E-state index is -1.19. The second kappa shape index (κ2) is 5.18. The van der Waals surface area contributed by atoms with Gasteiger partial charge in [0.2, 0.25) is 5.91 Å². The highest BCUT2D eigenvalue weighted by Crippen LogP contribution is 2.33. The lowest BCUT2D eigenvalue weighted by Crippen LogP contribution is -2.53. The Labute approximate surface area is 121 Å². The molecule has 21 heavy (non-hydrogen) atoms. The Bertz CT molecular complexity index is 689. The summed E-state index contributed by atoms with van der Waals surface area (Å²) < 4.78 is 18.9. The van der Waals surface area contributed by atoms with E-state index in [2.05, 4.69) is 5.32 Å². The Morgan fingerprint density at radius 1 is 1.24 bits per heavy atom. The first-order chi connectivity index (χ1) is 10.1. The van der Waals surface area contributed by atoms with Crippen molar-refractivity contribution in [2.45, 2.75) is 12.1 Å². The van der Waals surface area contributed by atoms with Crippen molar-refractivity contribution in [2.75, 3.05) is 11.9 Å². The molecule has 0 spiro atoms. The zero-order valence-corrected chi connectivity index (χ0v) is 11.3. The molecular formula is C16H15FN2O2. The van der Waals surface area contributed by atoms with Gasteiger partial charge in [-0.2, -0.15) is 0 Å². The number of amides is 1. The summed E-state index contributed by atoms with van der Waals surface area (Å²) >= 11 is 0. The second-order valence-corrected chi connectivity index (χ2v) is 5.05. The van der Waals surface area contributed by atoms with Crippen LogP contribution in [0.2, 0.25) is 0 Å². The van der Waals surface area contributed by atoms with E-state index >= 15 is 0 Å². The molecule has 2 aromatic carbocycles. The van der Waals surface area contributed by atoms with E-state index in [4.69, 9.17) is 10.5 Å². The number of hydrogen-bond donors (Lipinski definition) is 2. The number of carbonyl (C=O) groups excluding carboxylic acids is 1. The molecule has 108 valence electrons. The number of nitrogens with one attached hydrogen (secondary N) is 1. The first-order valence-electron chi connectivity index (χ1n) is 6.61. The molecule has 3 rings (SSSR count). The number of anilines is 1. The molecule has 1 aliphatic heterocycles. The Morgan fingerprint density at radius 3 is 2.81 bits per heavy atom. The van der Waals surface area contributed by atoms with Gasteiger partial charge in [0.15, 0.2) is 5.54 Å². The SMILES string of the molecule is NC(=O)C1(Nc2cccc(F)c2)COCc2ccccc21. The van der Waals surface area contributed by atoms with Crippen LogP contribution in [0.15, 0.2) is 48.5 Å². The molecule has 1 unspecified atom stereocenters. The van der Waals surface area contributed by atoms with Gasteiger partial charge in [-0.25, -0.2) is 4.39 Å². The number of rotatable bonds is 3. The number of fused-ring (bicyclic) bond motifs is 1. The third-order valence-corrected chi connectivity index (χ3v) is 3.66. The lowest BCUT2D eigenvalue weighted by molar-refractivity contribution is -0.125. The summed E-state index contributed by atoms with van der Waals surface area (Å²) in [7, 11) is 0. The standard InChI is InChI=1S/C16H15FN2O2/c17-12-5-3-6-13(8-12)19-16(15(18)20)10-21-9-11-4-1-2-7-14(11)16/h1-8,19H,9-10H2,(H2,18,20). The maximum absolute atomic E-state index is 13.4. The maximum atomic E-state index is 13.4. The van der Waals surface area contributed by atoms with Crippen molar-refractivity contribution >= 4 is 11.6 Å². The van der Waals surface area contributed by atoms with Crippen LogP contribution in [0, 0.1) is 5.82 Å². The van der Waals surface area contributed by atoms with Gasteiger partial charge in [-0.15, -0.1) is 0 Å². The minimum absolute atomic E-state index is 0.107. The van der Waals surface area contributed by atoms with Gasteiger partial charge in [-0.3, -0.25) is 4.79 Å². The molecule has 2 aromatic rings. The van der Waals surface area contributed by atoms with Crippen molar-refractivity contribution in [3.05, 3.63) is 65.5 Å². The summed E-state index contributed by atoms with van der Waals surface area (Å²) in [6, 6.07) is 13.4. The quantitative estimate of drug-likeness (QED) is 0.908. The number of carbonyl (C=O) groups is 1. The molecule has 1 aliphatic rings. The molecule has 1 atom stereocenters. The third-order valence-electron chi connectivity index (χ3n) is 3.66. The summed E-state index contributed by atoms with van der Waals surface area (Å²) in [6.45, 7) is 0.534. The molecule has 0 aliphatic carbocycles. The number of halogens is 1. The number of ether oxygens (including phenoxy) is 1. The van der Waals surface area contributed by atoms with Crippen LogP contribution in [0.25, 0.3) is 0 Å². The summed E-state index contributed by atoms with van der Waals surface area (Å²) in [6.07, 6.45) is 0. The van der Waals surface area contributed by atoms with Gasteiger partial charge < -0.3 is 15.8 Å². The van der Waals surface area contributed by atoms with E-state index in [1.165, 1.54) is 12.1 Å². The van der Waals surface area contributed by atoms with E-state index in [-0.39, 0.29) is 12.4 Å². The predicted octanol–water partition coefficient (Wildman–Crippen LogP) is 2.15. The van der Waals surface area contributed by atoms with Gasteiger partial charge in [0.1, 0.15) is 5.82 Å². The van der Waals surface area contributed by atoms with Crippen molar-refractivity contribution in [3.8, 4) is 0 Å². The molecule has 0 saturated carbocycles. The van der Waals surface area contributed by atoms with Gasteiger partial charge in [0.05, 0.1) is 13.2 Å². The van der Waals surface area contributed by atoms with Crippen LogP contribution >= 0.6 is 0 Å². The zero-order valence-electron chi connectivity index (χ0n) is 11.3. The zero-order chi connectivity index (χ0) is 14.9. The summed E-state index contributed by atoms with van der Waals surface area (Å²) in [5, 5.41) is 3.05. The van der Waals surface area contributed by atoms with Crippen molar-refractivity contribution in [3.63, 3.8) is 0 Å². The number of benzene rings is 2. The molecule has 1 heterocycles. The topological polar surface area (TPSA) is 64.4 Å². The molecule has 0 aromatic heterocycles. The largest absolute Gasteiger partial charge is 0.373 e. The lowest BCUT2D eigenvalue weighted by Gasteiger charge is -2.37. The normalized spacial score (nSPS) is 20.6. The number of hydrogen-bond acceptors (Lipinski definition) is 3. The fourth-order valence-corrected chi connectivity index (χ4v) is 2.64. The van der Waals surface area contributed by atoms with E-state index < -0.39 is 11.4 Å². The van der Waals surface area contributed by atoms with Crippen molar-refractivity contribution in [2.24, 2.45) is 5.73 Å². The summed E-state index contributed by atoms with van der Waals surface area (Å²) in [4.78, 5) is 12.1. The van der Waals surface area contributed by atoms with Crippen LogP contribution in [0.1, 0.15) is 11.1 Å². The van der Waals surface area contributed by atoms with E-state index in [0.29, 0.717) is 12.3 Å². The lowest BCUT2D eigenvalue weighted by atomic mass is 9.84. The van der Waals surface area contributed by atoms with E-state index in [1.54, 1.807) is 12.1 Å². The highest BCUT2D eigenvalue weighted by Gasteiger charge is 2.43. The average molecular weight is 286 g/mol. The van der Waals surface area contributed by atoms with Crippen LogP contribution in [-0.4, -0.2) is 12.5 Å². The summed E-state index contributed by atoms with van der Waals surface area (Å²) in [5.41, 5.74) is 6.58. The molecule has 0 saturated heterocycles. The number of nitrogens with two attached hydrogens (primary N) is 1. The molecule has 4 nitrogen and oxygen atoms in total. The van der Waals surface area contributed by atoms with Crippen molar-refractivity contribution < 1.29 is 13.9 Å². The molecule has 0 radical (unpaired) electrons. The Morgan fingerprint density at radius 2 is 2.05 bits per heavy atom. The smallest absolute Gasteiger partial charge is 0.250 e. The van der Waals surface area contributed by atoms with E-state index in [1.807, 2.05) is 24.3 Å². The Kier molecular flexibility index (Phi) is 3.35. The summed E-state index contributed by atoms with van der Waals surface area (Å²) in [5.74, 6) is -0.941. The molecule has 5 heteroatoms. The monoisotopic (exact) mass is 286 g/mol. The Hall–Kier alpha value is -2.40. The molecule has 3 N–H and O–H groups in total. The average Bonchev–Trinajstić information content (AvgIpc) is 2.47. The molecule has 0 fully saturated rings. The van der Waals surface area contributed by atoms with Crippen molar-refractivity contribution in [1.82, 2.24) is 0 Å². The van der Waals surface area contributed by atoms with Gasteiger partial charge >= 0.3 is 0 Å². The highest BCUT2D eigenvalue weighted by atomic mass is 19.1. The first-order valence-corrected chi connectivity index (χ1v) is 6.61. The fraction of sp³-hybridized carbons (Fsp3) is 0.188. The van der Waals surface area contributed by atoms with Crippen molar-refractivity contribution in [1.29, 1.82) is 0 Å². The third kappa shape index (κ3) is 2.36. The fourth-order valence-electron chi connectivity index (χ4n) is 2.64. The maximum Gasteiger partial charge on any atom is 0.250 e. The number of primary amides is 1. The van der Waals surface area contributed by atoms with Crippen LogP contribution < -0.4 is 11.1 Å². The second-order valence-electron chi connectivity index (χ2n) is 5.05. The van der Waals surface area contributed by atoms with Crippen LogP contribution in [0.4, 0.5) is 10.1 Å². The van der Waals surface area contributed by atoms with Crippen LogP contribution in [0.5, 0.6) is 0 Å². The van der Waals surface area contributed by atoms with E-state index in [9.17, 15) is 9.18 Å². The Balaban J connectivity index is 2.08. The van der Waals surface area contributed by atoms with Gasteiger partial charge in [0, 0.05) is 5.69 Å².